The van der Waals surface area contributed by atoms with Crippen LogP contribution in [0.1, 0.15) is 30.4 Å². The highest BCUT2D eigenvalue weighted by atomic mass is 16.5. The third-order valence-electron chi connectivity index (χ3n) is 4.62. The zero-order valence-electron chi connectivity index (χ0n) is 14.9. The van der Waals surface area contributed by atoms with Gasteiger partial charge in [-0.15, -0.1) is 15.3 Å². The molecule has 1 aliphatic rings. The first-order valence-corrected chi connectivity index (χ1v) is 8.60. The minimum Gasteiger partial charge on any atom is -0.480 e. The van der Waals surface area contributed by atoms with Gasteiger partial charge in [0.15, 0.2) is 17.3 Å². The van der Waals surface area contributed by atoms with Crippen molar-refractivity contribution in [2.24, 2.45) is 0 Å². The molecule has 0 amide bonds. The Hall–Kier alpha value is -2.81. The lowest BCUT2D eigenvalue weighted by molar-refractivity contribution is 0.178. The second kappa shape index (κ2) is 7.20. The summed E-state index contributed by atoms with van der Waals surface area (Å²) in [4.78, 5) is 11.1. The van der Waals surface area contributed by atoms with E-state index in [2.05, 4.69) is 30.2 Å². The molecule has 0 N–H and O–H groups in total. The third kappa shape index (κ3) is 3.17. The third-order valence-corrected chi connectivity index (χ3v) is 4.62. The molecular formula is C17H21N7O2. The van der Waals surface area contributed by atoms with Gasteiger partial charge in [-0.3, -0.25) is 0 Å². The van der Waals surface area contributed by atoms with Gasteiger partial charge in [0.1, 0.15) is 12.4 Å². The minimum atomic E-state index is 0.307. The molecule has 4 rings (SSSR count). The molecular weight excluding hydrogens is 334 g/mol. The Kier molecular flexibility index (Phi) is 4.61. The number of anilines is 1. The standard InChI is InChI=1S/C17H21N7O2/c1-25-11-13-18-8-5-14(19-13)23-9-6-12(7-10-23)17-21-20-15-3-4-16(26-2)22-24(15)17/h3-5,8,12H,6-7,9-11H2,1-2H3. The Labute approximate surface area is 151 Å². The van der Waals surface area contributed by atoms with Crippen LogP contribution in [-0.2, 0) is 11.3 Å². The van der Waals surface area contributed by atoms with Crippen molar-refractivity contribution >= 4 is 11.5 Å². The highest BCUT2D eigenvalue weighted by Crippen LogP contribution is 2.29. The number of hydrogen-bond donors (Lipinski definition) is 0. The van der Waals surface area contributed by atoms with E-state index in [0.717, 1.165) is 43.2 Å². The molecule has 0 aromatic carbocycles. The van der Waals surface area contributed by atoms with Gasteiger partial charge in [0, 0.05) is 38.4 Å². The van der Waals surface area contributed by atoms with E-state index in [9.17, 15) is 0 Å². The predicted octanol–water partition coefficient (Wildman–Crippen LogP) is 1.45. The van der Waals surface area contributed by atoms with Crippen molar-refractivity contribution < 1.29 is 9.47 Å². The van der Waals surface area contributed by atoms with Crippen molar-refractivity contribution in [3.63, 3.8) is 0 Å². The fourth-order valence-corrected chi connectivity index (χ4v) is 3.28. The van der Waals surface area contributed by atoms with Crippen LogP contribution in [0.3, 0.4) is 0 Å². The van der Waals surface area contributed by atoms with Crippen molar-refractivity contribution in [2.45, 2.75) is 25.4 Å². The summed E-state index contributed by atoms with van der Waals surface area (Å²) in [7, 11) is 3.25. The van der Waals surface area contributed by atoms with Gasteiger partial charge in [0.2, 0.25) is 5.88 Å². The molecule has 0 radical (unpaired) electrons. The van der Waals surface area contributed by atoms with Crippen molar-refractivity contribution in [3.05, 3.63) is 36.0 Å². The fourth-order valence-electron chi connectivity index (χ4n) is 3.28. The average Bonchev–Trinajstić information content (AvgIpc) is 3.11. The van der Waals surface area contributed by atoms with Crippen LogP contribution in [0.4, 0.5) is 5.82 Å². The van der Waals surface area contributed by atoms with Crippen molar-refractivity contribution in [1.29, 1.82) is 0 Å². The summed E-state index contributed by atoms with van der Waals surface area (Å²) in [5, 5.41) is 13.0. The molecule has 26 heavy (non-hydrogen) atoms. The summed E-state index contributed by atoms with van der Waals surface area (Å²) in [6.45, 7) is 2.21. The first kappa shape index (κ1) is 16.6. The summed E-state index contributed by atoms with van der Waals surface area (Å²) < 4.78 is 12.1. The molecule has 0 unspecified atom stereocenters. The first-order valence-electron chi connectivity index (χ1n) is 8.60. The van der Waals surface area contributed by atoms with Gasteiger partial charge in [-0.2, -0.15) is 4.52 Å². The molecule has 9 nitrogen and oxygen atoms in total. The van der Waals surface area contributed by atoms with Gasteiger partial charge in [0.25, 0.3) is 0 Å². The Balaban J connectivity index is 1.49. The predicted molar refractivity (Wildman–Crippen MR) is 94.3 cm³/mol. The van der Waals surface area contributed by atoms with E-state index in [0.29, 0.717) is 24.2 Å². The van der Waals surface area contributed by atoms with Crippen LogP contribution in [0.25, 0.3) is 5.65 Å². The van der Waals surface area contributed by atoms with E-state index in [1.54, 1.807) is 31.0 Å². The van der Waals surface area contributed by atoms with Gasteiger partial charge in [-0.05, 0) is 25.0 Å². The second-order valence-electron chi connectivity index (χ2n) is 6.23. The Morgan fingerprint density at radius 3 is 2.73 bits per heavy atom. The quantitative estimate of drug-likeness (QED) is 0.679. The van der Waals surface area contributed by atoms with E-state index < -0.39 is 0 Å². The number of piperidine rings is 1. The summed E-state index contributed by atoms with van der Waals surface area (Å²) in [6.07, 6.45) is 3.71. The lowest BCUT2D eigenvalue weighted by Crippen LogP contribution is -2.34. The number of ether oxygens (including phenoxy) is 2. The van der Waals surface area contributed by atoms with Crippen LogP contribution in [-0.4, -0.2) is 57.1 Å². The van der Waals surface area contributed by atoms with Gasteiger partial charge >= 0.3 is 0 Å². The first-order chi connectivity index (χ1) is 12.8. The topological polar surface area (TPSA) is 90.6 Å². The lowest BCUT2D eigenvalue weighted by Gasteiger charge is -2.32. The van der Waals surface area contributed by atoms with Crippen LogP contribution in [0.15, 0.2) is 24.4 Å². The van der Waals surface area contributed by atoms with Crippen LogP contribution < -0.4 is 9.64 Å². The molecule has 1 fully saturated rings. The maximum atomic E-state index is 5.22. The van der Waals surface area contributed by atoms with E-state index in [1.807, 2.05) is 12.1 Å². The van der Waals surface area contributed by atoms with E-state index in [4.69, 9.17) is 9.47 Å². The van der Waals surface area contributed by atoms with Gasteiger partial charge in [-0.1, -0.05) is 0 Å². The second-order valence-corrected chi connectivity index (χ2v) is 6.23. The molecule has 1 saturated heterocycles. The SMILES string of the molecule is COCc1nccc(N2CCC(c3nnc4ccc(OC)nn34)CC2)n1. The minimum absolute atomic E-state index is 0.307. The van der Waals surface area contributed by atoms with Gasteiger partial charge in [-0.25, -0.2) is 9.97 Å². The zero-order chi connectivity index (χ0) is 17.9. The Bertz CT molecular complexity index is 890. The number of aromatic nitrogens is 6. The van der Waals surface area contributed by atoms with Gasteiger partial charge < -0.3 is 14.4 Å². The van der Waals surface area contributed by atoms with Crippen LogP contribution >= 0.6 is 0 Å². The average molecular weight is 355 g/mol. The fraction of sp³-hybridized carbons (Fsp3) is 0.471. The molecule has 1 aliphatic heterocycles. The molecule has 9 heteroatoms. The molecule has 3 aromatic rings. The number of methoxy groups -OCH3 is 2. The van der Waals surface area contributed by atoms with E-state index in [1.165, 1.54) is 0 Å². The summed E-state index contributed by atoms with van der Waals surface area (Å²) in [6, 6.07) is 5.61. The largest absolute Gasteiger partial charge is 0.480 e. The van der Waals surface area contributed by atoms with Crippen molar-refractivity contribution in [1.82, 2.24) is 29.8 Å². The number of hydrogen-bond acceptors (Lipinski definition) is 8. The van der Waals surface area contributed by atoms with Crippen LogP contribution in [0, 0.1) is 0 Å². The molecule has 0 atom stereocenters. The van der Waals surface area contributed by atoms with Crippen molar-refractivity contribution in [3.8, 4) is 5.88 Å². The highest BCUT2D eigenvalue weighted by Gasteiger charge is 2.26. The van der Waals surface area contributed by atoms with E-state index in [-0.39, 0.29) is 0 Å². The molecule has 136 valence electrons. The summed E-state index contributed by atoms with van der Waals surface area (Å²) in [5.41, 5.74) is 0.739. The summed E-state index contributed by atoms with van der Waals surface area (Å²) >= 11 is 0. The summed E-state index contributed by atoms with van der Waals surface area (Å²) in [5.74, 6) is 3.40. The molecule has 4 heterocycles. The smallest absolute Gasteiger partial charge is 0.231 e. The Morgan fingerprint density at radius 2 is 1.96 bits per heavy atom. The molecule has 0 spiro atoms. The lowest BCUT2D eigenvalue weighted by atomic mass is 9.96. The van der Waals surface area contributed by atoms with Gasteiger partial charge in [0.05, 0.1) is 7.11 Å². The number of rotatable bonds is 5. The maximum Gasteiger partial charge on any atom is 0.231 e. The highest BCUT2D eigenvalue weighted by molar-refractivity contribution is 5.40. The normalized spacial score (nSPS) is 15.5. The Morgan fingerprint density at radius 1 is 1.12 bits per heavy atom. The molecule has 3 aromatic heterocycles. The van der Waals surface area contributed by atoms with E-state index >= 15 is 0 Å². The molecule has 0 bridgehead atoms. The van der Waals surface area contributed by atoms with Crippen molar-refractivity contribution in [2.75, 3.05) is 32.2 Å². The van der Waals surface area contributed by atoms with Crippen LogP contribution in [0.2, 0.25) is 0 Å². The molecule has 0 saturated carbocycles. The maximum absolute atomic E-state index is 5.22. The zero-order valence-corrected chi connectivity index (χ0v) is 14.9. The monoisotopic (exact) mass is 355 g/mol. The number of fused-ring (bicyclic) bond motifs is 1. The number of nitrogens with zero attached hydrogens (tertiary/aromatic N) is 7. The van der Waals surface area contributed by atoms with Crippen LogP contribution in [0.5, 0.6) is 5.88 Å². The molecule has 0 aliphatic carbocycles.